The van der Waals surface area contributed by atoms with Crippen molar-refractivity contribution >= 4 is 0 Å². The number of nitrogens with zero attached hydrogens (tertiary/aromatic N) is 4. The van der Waals surface area contributed by atoms with Gasteiger partial charge in [0.05, 0.1) is 23.4 Å². The van der Waals surface area contributed by atoms with E-state index in [1.807, 2.05) is 67.7 Å². The van der Waals surface area contributed by atoms with E-state index in [2.05, 4.69) is 23.1 Å². The van der Waals surface area contributed by atoms with Gasteiger partial charge >= 0.3 is 0 Å². The van der Waals surface area contributed by atoms with Gasteiger partial charge < -0.3 is 10.6 Å². The Kier molecular flexibility index (Phi) is 4.88. The number of allylic oxidation sites excluding steroid dienone is 2. The first kappa shape index (κ1) is 19.5. The minimum Gasteiger partial charge on any atom is -0.399 e. The van der Waals surface area contributed by atoms with E-state index in [0.717, 1.165) is 22.3 Å². The Balaban J connectivity index is 1.89. The zero-order valence-corrected chi connectivity index (χ0v) is 16.7. The fourth-order valence-corrected chi connectivity index (χ4v) is 4.71. The number of fused-ring (bicyclic) bond motifs is 1. The fraction of sp³-hybridized carbons (Fsp3) is 0.240. The standard InChI is InChI=1S/C25H21N5/c1-30-12-11-20-21(13-26)24(29)25(15-27,16-28)23(22(20)14-30)19-9-7-18(8-10-19)17-5-3-2-4-6-17/h2-11,22-23H,12,14,29H2,1H3. The van der Waals surface area contributed by atoms with Gasteiger partial charge in [0.25, 0.3) is 0 Å². The Morgan fingerprint density at radius 1 is 0.967 bits per heavy atom. The van der Waals surface area contributed by atoms with Crippen LogP contribution in [0, 0.1) is 45.3 Å². The maximum Gasteiger partial charge on any atom is 0.191 e. The summed E-state index contributed by atoms with van der Waals surface area (Å²) in [4.78, 5) is 2.13. The lowest BCUT2D eigenvalue weighted by molar-refractivity contribution is 0.237. The van der Waals surface area contributed by atoms with E-state index >= 15 is 0 Å². The predicted molar refractivity (Wildman–Crippen MR) is 114 cm³/mol. The molecule has 1 aliphatic heterocycles. The number of hydrogen-bond acceptors (Lipinski definition) is 5. The first-order valence-electron chi connectivity index (χ1n) is 9.83. The maximum atomic E-state index is 10.1. The van der Waals surface area contributed by atoms with Crippen molar-refractivity contribution in [2.45, 2.75) is 5.92 Å². The molecule has 2 atom stereocenters. The summed E-state index contributed by atoms with van der Waals surface area (Å²) in [7, 11) is 2.00. The normalized spacial score (nSPS) is 22.8. The summed E-state index contributed by atoms with van der Waals surface area (Å²) >= 11 is 0. The van der Waals surface area contributed by atoms with Gasteiger partial charge in [0, 0.05) is 24.9 Å². The SMILES string of the molecule is CN1CC=C2C(C#N)=C(N)C(C#N)(C#N)C(c3ccc(-c4ccccc4)cc3)C2C1. The Labute approximate surface area is 176 Å². The molecule has 4 rings (SSSR count). The summed E-state index contributed by atoms with van der Waals surface area (Å²) in [6.07, 6.45) is 2.00. The molecule has 5 nitrogen and oxygen atoms in total. The van der Waals surface area contributed by atoms with Crippen molar-refractivity contribution in [2.24, 2.45) is 17.1 Å². The number of benzene rings is 2. The fourth-order valence-electron chi connectivity index (χ4n) is 4.71. The van der Waals surface area contributed by atoms with Gasteiger partial charge in [-0.15, -0.1) is 0 Å². The molecule has 0 saturated carbocycles. The van der Waals surface area contributed by atoms with Crippen LogP contribution in [-0.4, -0.2) is 25.0 Å². The predicted octanol–water partition coefficient (Wildman–Crippen LogP) is 3.71. The largest absolute Gasteiger partial charge is 0.399 e. The molecule has 2 aromatic carbocycles. The molecule has 0 fully saturated rings. The van der Waals surface area contributed by atoms with Crippen molar-refractivity contribution in [3.63, 3.8) is 0 Å². The molecule has 2 N–H and O–H groups in total. The van der Waals surface area contributed by atoms with E-state index in [4.69, 9.17) is 5.73 Å². The lowest BCUT2D eigenvalue weighted by Crippen LogP contribution is -2.47. The summed E-state index contributed by atoms with van der Waals surface area (Å²) in [6, 6.07) is 24.6. The van der Waals surface area contributed by atoms with E-state index < -0.39 is 11.3 Å². The van der Waals surface area contributed by atoms with Gasteiger partial charge in [-0.2, -0.15) is 15.8 Å². The van der Waals surface area contributed by atoms with Crippen molar-refractivity contribution in [2.75, 3.05) is 20.1 Å². The van der Waals surface area contributed by atoms with Crippen LogP contribution in [0.3, 0.4) is 0 Å². The zero-order chi connectivity index (χ0) is 21.3. The Hall–Kier alpha value is -3.85. The second-order valence-corrected chi connectivity index (χ2v) is 7.88. The molecule has 30 heavy (non-hydrogen) atoms. The molecule has 2 aromatic rings. The first-order valence-corrected chi connectivity index (χ1v) is 9.83. The van der Waals surface area contributed by atoms with Crippen LogP contribution < -0.4 is 5.73 Å². The lowest BCUT2D eigenvalue weighted by atomic mass is 9.58. The molecule has 1 aliphatic carbocycles. The molecule has 0 amide bonds. The monoisotopic (exact) mass is 391 g/mol. The highest BCUT2D eigenvalue weighted by Crippen LogP contribution is 2.54. The molecule has 0 saturated heterocycles. The van der Waals surface area contributed by atoms with Crippen LogP contribution in [0.1, 0.15) is 11.5 Å². The number of hydrogen-bond donors (Lipinski definition) is 1. The Bertz CT molecular complexity index is 1140. The minimum atomic E-state index is -1.58. The number of likely N-dealkylation sites (N-methyl/N-ethyl adjacent to an activating group) is 1. The number of nitrogens with two attached hydrogens (primary N) is 1. The smallest absolute Gasteiger partial charge is 0.191 e. The second-order valence-electron chi connectivity index (χ2n) is 7.88. The topological polar surface area (TPSA) is 101 Å². The minimum absolute atomic E-state index is 0.0687. The molecule has 5 heteroatoms. The van der Waals surface area contributed by atoms with Crippen LogP contribution in [0.4, 0.5) is 0 Å². The molecule has 0 radical (unpaired) electrons. The highest BCUT2D eigenvalue weighted by atomic mass is 15.1. The summed E-state index contributed by atoms with van der Waals surface area (Å²) in [5.41, 5.74) is 9.00. The van der Waals surface area contributed by atoms with Crippen LogP contribution in [-0.2, 0) is 0 Å². The summed E-state index contributed by atoms with van der Waals surface area (Å²) in [5.74, 6) is -0.615. The third kappa shape index (κ3) is 2.87. The van der Waals surface area contributed by atoms with Gasteiger partial charge in [0.15, 0.2) is 5.41 Å². The summed E-state index contributed by atoms with van der Waals surface area (Å²) < 4.78 is 0. The highest BCUT2D eigenvalue weighted by Gasteiger charge is 2.54. The molecule has 1 heterocycles. The molecular weight excluding hydrogens is 370 g/mol. The van der Waals surface area contributed by atoms with Gasteiger partial charge in [-0.05, 0) is 29.3 Å². The van der Waals surface area contributed by atoms with Crippen LogP contribution in [0.2, 0.25) is 0 Å². The van der Waals surface area contributed by atoms with Gasteiger partial charge in [-0.3, -0.25) is 0 Å². The maximum absolute atomic E-state index is 10.1. The molecule has 2 unspecified atom stereocenters. The molecule has 0 bridgehead atoms. The second kappa shape index (κ2) is 7.53. The zero-order valence-electron chi connectivity index (χ0n) is 16.7. The molecule has 2 aliphatic rings. The first-order chi connectivity index (χ1) is 14.6. The van der Waals surface area contributed by atoms with Gasteiger partial charge in [-0.1, -0.05) is 60.7 Å². The van der Waals surface area contributed by atoms with Gasteiger partial charge in [0.1, 0.15) is 6.07 Å². The Morgan fingerprint density at radius 2 is 1.60 bits per heavy atom. The van der Waals surface area contributed by atoms with Crippen LogP contribution in [0.15, 0.2) is 77.5 Å². The van der Waals surface area contributed by atoms with Crippen LogP contribution >= 0.6 is 0 Å². The van der Waals surface area contributed by atoms with Crippen molar-refractivity contribution < 1.29 is 0 Å². The Morgan fingerprint density at radius 3 is 2.20 bits per heavy atom. The summed E-state index contributed by atoms with van der Waals surface area (Å²) in [5, 5.41) is 30.0. The van der Waals surface area contributed by atoms with Crippen LogP contribution in [0.5, 0.6) is 0 Å². The van der Waals surface area contributed by atoms with Crippen LogP contribution in [0.25, 0.3) is 11.1 Å². The van der Waals surface area contributed by atoms with Crippen molar-refractivity contribution in [3.05, 3.63) is 83.1 Å². The van der Waals surface area contributed by atoms with E-state index in [1.165, 1.54) is 0 Å². The average molecular weight is 391 g/mol. The third-order valence-electron chi connectivity index (χ3n) is 6.22. The van der Waals surface area contributed by atoms with E-state index in [1.54, 1.807) is 0 Å². The average Bonchev–Trinajstić information content (AvgIpc) is 2.79. The molecule has 146 valence electrons. The van der Waals surface area contributed by atoms with Crippen molar-refractivity contribution in [1.82, 2.24) is 4.90 Å². The van der Waals surface area contributed by atoms with Gasteiger partial charge in [-0.25, -0.2) is 0 Å². The van der Waals surface area contributed by atoms with E-state index in [9.17, 15) is 15.8 Å². The molecule has 0 spiro atoms. The number of nitriles is 3. The number of rotatable bonds is 2. The molecular formula is C25H21N5. The van der Waals surface area contributed by atoms with E-state index in [0.29, 0.717) is 13.1 Å². The van der Waals surface area contributed by atoms with Crippen molar-refractivity contribution in [1.29, 1.82) is 15.8 Å². The van der Waals surface area contributed by atoms with E-state index in [-0.39, 0.29) is 17.2 Å². The lowest BCUT2D eigenvalue weighted by Gasteiger charge is -2.45. The van der Waals surface area contributed by atoms with Gasteiger partial charge in [0.2, 0.25) is 0 Å². The molecule has 0 aromatic heterocycles. The highest BCUT2D eigenvalue weighted by molar-refractivity contribution is 5.65. The van der Waals surface area contributed by atoms with Crippen molar-refractivity contribution in [3.8, 4) is 29.3 Å². The quantitative estimate of drug-likeness (QED) is 0.841. The summed E-state index contributed by atoms with van der Waals surface area (Å²) in [6.45, 7) is 1.36. The third-order valence-corrected chi connectivity index (χ3v) is 6.22.